The Bertz CT molecular complexity index is 950. The van der Waals surface area contributed by atoms with E-state index in [0.717, 1.165) is 31.5 Å². The number of carbonyl (C=O) groups excluding carboxylic acids is 3. The first kappa shape index (κ1) is 23.9. The van der Waals surface area contributed by atoms with Gasteiger partial charge in [0.1, 0.15) is 6.54 Å². The third-order valence-electron chi connectivity index (χ3n) is 5.42. The maximum Gasteiger partial charge on any atom is 0.254 e. The second-order valence-electron chi connectivity index (χ2n) is 8.70. The molecule has 1 saturated heterocycles. The fraction of sp³-hybridized carbons (Fsp3) is 0.500. The highest BCUT2D eigenvalue weighted by Gasteiger charge is 2.22. The van der Waals surface area contributed by atoms with Gasteiger partial charge >= 0.3 is 0 Å². The fourth-order valence-corrected chi connectivity index (χ4v) is 4.56. The Morgan fingerprint density at radius 1 is 1.16 bits per heavy atom. The average molecular weight is 457 g/mol. The molecule has 0 unspecified atom stereocenters. The van der Waals surface area contributed by atoms with E-state index in [1.54, 1.807) is 11.0 Å². The molecule has 1 N–H and O–H groups in total. The highest BCUT2D eigenvalue weighted by atomic mass is 32.1. The average Bonchev–Trinajstić information content (AvgIpc) is 3.19. The minimum atomic E-state index is -0.296. The predicted octanol–water partition coefficient (Wildman–Crippen LogP) is 3.74. The van der Waals surface area contributed by atoms with Crippen LogP contribution < -0.4 is 5.32 Å². The number of piperidine rings is 1. The second kappa shape index (κ2) is 11.2. The lowest BCUT2D eigenvalue weighted by atomic mass is 10.1. The first-order valence-corrected chi connectivity index (χ1v) is 12.1. The van der Waals surface area contributed by atoms with Gasteiger partial charge in [0, 0.05) is 30.6 Å². The molecular formula is C24H32N4O3S. The molecule has 1 aliphatic rings. The number of aromatic nitrogens is 1. The van der Waals surface area contributed by atoms with Crippen LogP contribution in [-0.2, 0) is 16.0 Å². The van der Waals surface area contributed by atoms with Crippen LogP contribution >= 0.6 is 11.3 Å². The van der Waals surface area contributed by atoms with E-state index >= 15 is 0 Å². The van der Waals surface area contributed by atoms with Crippen LogP contribution in [0.2, 0.25) is 0 Å². The van der Waals surface area contributed by atoms with Gasteiger partial charge in [-0.25, -0.2) is 4.98 Å². The molecule has 0 saturated carbocycles. The van der Waals surface area contributed by atoms with Gasteiger partial charge in [-0.15, -0.1) is 11.3 Å². The summed E-state index contributed by atoms with van der Waals surface area (Å²) in [7, 11) is 0. The molecule has 2 heterocycles. The van der Waals surface area contributed by atoms with Crippen molar-refractivity contribution in [2.45, 2.75) is 46.5 Å². The number of amides is 3. The van der Waals surface area contributed by atoms with Gasteiger partial charge in [0.25, 0.3) is 5.91 Å². The summed E-state index contributed by atoms with van der Waals surface area (Å²) in [6.45, 7) is 7.98. The van der Waals surface area contributed by atoms with Crippen molar-refractivity contribution in [3.05, 3.63) is 46.5 Å². The minimum absolute atomic E-state index is 0.0486. The number of hydrogen-bond acceptors (Lipinski definition) is 5. The van der Waals surface area contributed by atoms with Gasteiger partial charge < -0.3 is 15.1 Å². The Morgan fingerprint density at radius 2 is 1.88 bits per heavy atom. The maximum absolute atomic E-state index is 13.1. The Morgan fingerprint density at radius 3 is 2.56 bits per heavy atom. The van der Waals surface area contributed by atoms with Crippen LogP contribution in [0.4, 0.5) is 5.13 Å². The standard InChI is InChI=1S/C24H32N4O3S/c1-17(2)14-28(23(31)20-10-6-5-9-18(20)3)15-21(29)26-24-25-19(16-32-24)13-22(30)27-11-7-4-8-12-27/h5-6,9-10,16-17H,4,7-8,11-15H2,1-3H3,(H,25,26,29). The van der Waals surface area contributed by atoms with Crippen LogP contribution in [0, 0.1) is 12.8 Å². The number of benzene rings is 1. The molecule has 1 aromatic heterocycles. The summed E-state index contributed by atoms with van der Waals surface area (Å²) < 4.78 is 0. The normalized spacial score (nSPS) is 13.8. The number of anilines is 1. The van der Waals surface area contributed by atoms with E-state index in [1.165, 1.54) is 17.8 Å². The van der Waals surface area contributed by atoms with Crippen LogP contribution in [0.3, 0.4) is 0 Å². The number of thiazole rings is 1. The van der Waals surface area contributed by atoms with E-state index in [2.05, 4.69) is 10.3 Å². The quantitative estimate of drug-likeness (QED) is 0.656. The van der Waals surface area contributed by atoms with Gasteiger partial charge in [0.05, 0.1) is 12.1 Å². The first-order chi connectivity index (χ1) is 15.3. The molecule has 1 aromatic carbocycles. The van der Waals surface area contributed by atoms with E-state index in [-0.39, 0.29) is 36.6 Å². The number of carbonyl (C=O) groups is 3. The molecule has 3 rings (SSSR count). The SMILES string of the molecule is Cc1ccccc1C(=O)N(CC(=O)Nc1nc(CC(=O)N2CCCCC2)cs1)CC(C)C. The Hall–Kier alpha value is -2.74. The highest BCUT2D eigenvalue weighted by Crippen LogP contribution is 2.18. The molecule has 1 fully saturated rings. The molecule has 32 heavy (non-hydrogen) atoms. The molecule has 2 aromatic rings. The summed E-state index contributed by atoms with van der Waals surface area (Å²) in [4.78, 5) is 46.1. The summed E-state index contributed by atoms with van der Waals surface area (Å²) >= 11 is 1.30. The van der Waals surface area contributed by atoms with Gasteiger partial charge in [0.2, 0.25) is 11.8 Å². The molecular weight excluding hydrogens is 424 g/mol. The van der Waals surface area contributed by atoms with E-state index in [0.29, 0.717) is 22.9 Å². The van der Waals surface area contributed by atoms with Gasteiger partial charge in [-0.05, 0) is 43.7 Å². The maximum atomic E-state index is 13.1. The van der Waals surface area contributed by atoms with Crippen molar-refractivity contribution in [3.8, 4) is 0 Å². The zero-order valence-electron chi connectivity index (χ0n) is 19.1. The molecule has 0 atom stereocenters. The molecule has 8 heteroatoms. The van der Waals surface area contributed by atoms with E-state index < -0.39 is 0 Å². The van der Waals surface area contributed by atoms with Crippen LogP contribution in [0.15, 0.2) is 29.6 Å². The van der Waals surface area contributed by atoms with E-state index in [1.807, 2.05) is 49.3 Å². The number of aryl methyl sites for hydroxylation is 1. The molecule has 0 radical (unpaired) electrons. The van der Waals surface area contributed by atoms with Crippen molar-refractivity contribution in [2.24, 2.45) is 5.92 Å². The van der Waals surface area contributed by atoms with Crippen molar-refractivity contribution in [1.82, 2.24) is 14.8 Å². The molecule has 3 amide bonds. The van der Waals surface area contributed by atoms with Crippen molar-refractivity contribution in [1.29, 1.82) is 0 Å². The predicted molar refractivity (Wildman–Crippen MR) is 127 cm³/mol. The molecule has 1 aliphatic heterocycles. The zero-order chi connectivity index (χ0) is 23.1. The summed E-state index contributed by atoms with van der Waals surface area (Å²) in [6.07, 6.45) is 3.53. The van der Waals surface area contributed by atoms with Crippen LogP contribution in [0.25, 0.3) is 0 Å². The van der Waals surface area contributed by atoms with Gasteiger partial charge in [-0.2, -0.15) is 0 Å². The largest absolute Gasteiger partial charge is 0.342 e. The Balaban J connectivity index is 1.59. The van der Waals surface area contributed by atoms with Gasteiger partial charge in [-0.3, -0.25) is 14.4 Å². The molecule has 172 valence electrons. The minimum Gasteiger partial charge on any atom is -0.342 e. The van der Waals surface area contributed by atoms with Crippen molar-refractivity contribution < 1.29 is 14.4 Å². The lowest BCUT2D eigenvalue weighted by molar-refractivity contribution is -0.131. The van der Waals surface area contributed by atoms with Crippen molar-refractivity contribution in [3.63, 3.8) is 0 Å². The smallest absolute Gasteiger partial charge is 0.254 e. The van der Waals surface area contributed by atoms with E-state index in [9.17, 15) is 14.4 Å². The lowest BCUT2D eigenvalue weighted by Gasteiger charge is -2.26. The number of hydrogen-bond donors (Lipinski definition) is 1. The number of nitrogens with zero attached hydrogens (tertiary/aromatic N) is 3. The number of rotatable bonds is 8. The highest BCUT2D eigenvalue weighted by molar-refractivity contribution is 7.13. The van der Waals surface area contributed by atoms with Crippen molar-refractivity contribution in [2.75, 3.05) is 31.5 Å². The topological polar surface area (TPSA) is 82.6 Å². The molecule has 0 aliphatic carbocycles. The van der Waals surface area contributed by atoms with Crippen LogP contribution in [0.5, 0.6) is 0 Å². The summed E-state index contributed by atoms with van der Waals surface area (Å²) in [5.41, 5.74) is 2.15. The first-order valence-electron chi connectivity index (χ1n) is 11.2. The molecule has 0 bridgehead atoms. The lowest BCUT2D eigenvalue weighted by Crippen LogP contribution is -2.40. The van der Waals surface area contributed by atoms with Crippen LogP contribution in [0.1, 0.15) is 54.7 Å². The number of likely N-dealkylation sites (tertiary alicyclic amines) is 1. The van der Waals surface area contributed by atoms with Crippen molar-refractivity contribution >= 4 is 34.2 Å². The monoisotopic (exact) mass is 456 g/mol. The van der Waals surface area contributed by atoms with E-state index in [4.69, 9.17) is 0 Å². The Kier molecular flexibility index (Phi) is 8.39. The number of nitrogens with one attached hydrogen (secondary N) is 1. The summed E-state index contributed by atoms with van der Waals surface area (Å²) in [6, 6.07) is 7.40. The van der Waals surface area contributed by atoms with Crippen LogP contribution in [-0.4, -0.2) is 58.7 Å². The third-order valence-corrected chi connectivity index (χ3v) is 6.23. The third kappa shape index (κ3) is 6.63. The molecule has 0 spiro atoms. The summed E-state index contributed by atoms with van der Waals surface area (Å²) in [5.74, 6) is -0.141. The van der Waals surface area contributed by atoms with Gasteiger partial charge in [-0.1, -0.05) is 32.0 Å². The van der Waals surface area contributed by atoms with Gasteiger partial charge in [0.15, 0.2) is 5.13 Å². The second-order valence-corrected chi connectivity index (χ2v) is 9.56. The molecule has 7 nitrogen and oxygen atoms in total. The zero-order valence-corrected chi connectivity index (χ0v) is 19.9. The Labute approximate surface area is 193 Å². The fourth-order valence-electron chi connectivity index (χ4n) is 3.83. The summed E-state index contributed by atoms with van der Waals surface area (Å²) in [5, 5.41) is 5.05.